The van der Waals surface area contributed by atoms with E-state index in [1.165, 1.54) is 18.3 Å². The number of fused-ring (bicyclic) bond motifs is 1. The number of halogens is 1. The van der Waals surface area contributed by atoms with E-state index in [-0.39, 0.29) is 29.4 Å². The van der Waals surface area contributed by atoms with Gasteiger partial charge in [0, 0.05) is 18.4 Å². The molecule has 1 aliphatic heterocycles. The van der Waals surface area contributed by atoms with Crippen LogP contribution in [0.15, 0.2) is 85.2 Å². The fourth-order valence-corrected chi connectivity index (χ4v) is 3.94. The van der Waals surface area contributed by atoms with E-state index < -0.39 is 11.6 Å². The van der Waals surface area contributed by atoms with Crippen LogP contribution in [0.3, 0.4) is 0 Å². The van der Waals surface area contributed by atoms with Crippen LogP contribution in [0.25, 0.3) is 5.69 Å². The van der Waals surface area contributed by atoms with Crippen LogP contribution in [0.1, 0.15) is 21.5 Å². The lowest BCUT2D eigenvalue weighted by atomic mass is 10.1. The predicted octanol–water partition coefficient (Wildman–Crippen LogP) is 4.21. The number of rotatable bonds is 6. The number of anilines is 1. The number of carbonyl (C=O) groups excluding carboxylic acids is 2. The minimum Gasteiger partial charge on any atom is -0.483 e. The molecule has 7 heteroatoms. The monoisotopic (exact) mass is 441 g/mol. The van der Waals surface area contributed by atoms with Gasteiger partial charge >= 0.3 is 0 Å². The van der Waals surface area contributed by atoms with Gasteiger partial charge < -0.3 is 9.64 Å². The van der Waals surface area contributed by atoms with E-state index in [0.717, 1.165) is 29.4 Å². The first-order valence-electron chi connectivity index (χ1n) is 10.6. The minimum absolute atomic E-state index is 0.0391. The number of amides is 1. The summed E-state index contributed by atoms with van der Waals surface area (Å²) in [6.07, 6.45) is 3.79. The zero-order chi connectivity index (χ0) is 22.8. The van der Waals surface area contributed by atoms with Crippen molar-refractivity contribution >= 4 is 17.4 Å². The average molecular weight is 441 g/mol. The molecule has 2 heterocycles. The molecule has 0 unspecified atom stereocenters. The normalized spacial score (nSPS) is 12.5. The van der Waals surface area contributed by atoms with Crippen LogP contribution in [0, 0.1) is 5.82 Å². The third-order valence-corrected chi connectivity index (χ3v) is 5.59. The molecular weight excluding hydrogens is 421 g/mol. The molecule has 0 aliphatic carbocycles. The number of hydrogen-bond acceptors (Lipinski definition) is 4. The Morgan fingerprint density at radius 3 is 2.64 bits per heavy atom. The average Bonchev–Trinajstić information content (AvgIpc) is 3.51. The number of hydrogen-bond donors (Lipinski definition) is 0. The van der Waals surface area contributed by atoms with E-state index in [9.17, 15) is 14.0 Å². The van der Waals surface area contributed by atoms with E-state index in [0.29, 0.717) is 6.54 Å². The number of para-hydroxylation sites is 2. The highest BCUT2D eigenvalue weighted by Crippen LogP contribution is 2.28. The highest BCUT2D eigenvalue weighted by Gasteiger charge is 2.25. The van der Waals surface area contributed by atoms with Crippen molar-refractivity contribution in [2.24, 2.45) is 0 Å². The zero-order valence-electron chi connectivity index (χ0n) is 17.6. The number of benzene rings is 3. The summed E-state index contributed by atoms with van der Waals surface area (Å²) in [5, 5.41) is 4.23. The van der Waals surface area contributed by atoms with Crippen molar-refractivity contribution in [3.05, 3.63) is 108 Å². The standard InChI is InChI=1S/C26H20FN3O3/c27-20-10-11-24(33-17-25(31)29-13-12-18-6-4-5-9-23(18)29)22(14-20)26(32)19-15-28-30(16-19)21-7-2-1-3-8-21/h1-11,14-16H,12-13,17H2. The summed E-state index contributed by atoms with van der Waals surface area (Å²) in [5.41, 5.74) is 3.10. The maximum atomic E-state index is 14.0. The zero-order valence-corrected chi connectivity index (χ0v) is 17.6. The molecule has 0 atom stereocenters. The number of nitrogens with zero attached hydrogens (tertiary/aromatic N) is 3. The lowest BCUT2D eigenvalue weighted by Gasteiger charge is -2.18. The maximum absolute atomic E-state index is 14.0. The van der Waals surface area contributed by atoms with Crippen LogP contribution in [0.4, 0.5) is 10.1 Å². The molecule has 1 amide bonds. The second kappa shape index (κ2) is 8.70. The molecule has 4 aromatic rings. The summed E-state index contributed by atoms with van der Waals surface area (Å²) in [6.45, 7) is 0.318. The van der Waals surface area contributed by atoms with Gasteiger partial charge in [0.15, 0.2) is 12.4 Å². The third-order valence-electron chi connectivity index (χ3n) is 5.59. The molecule has 0 bridgehead atoms. The maximum Gasteiger partial charge on any atom is 0.264 e. The summed E-state index contributed by atoms with van der Waals surface area (Å²) in [7, 11) is 0. The Morgan fingerprint density at radius 1 is 1.00 bits per heavy atom. The lowest BCUT2D eigenvalue weighted by Crippen LogP contribution is -2.33. The fourth-order valence-electron chi connectivity index (χ4n) is 3.94. The molecule has 1 aliphatic rings. The van der Waals surface area contributed by atoms with Gasteiger partial charge in [0.25, 0.3) is 5.91 Å². The van der Waals surface area contributed by atoms with Crippen molar-refractivity contribution in [1.29, 1.82) is 0 Å². The largest absolute Gasteiger partial charge is 0.483 e. The van der Waals surface area contributed by atoms with Crippen molar-refractivity contribution in [1.82, 2.24) is 9.78 Å². The van der Waals surface area contributed by atoms with Gasteiger partial charge in [-0.1, -0.05) is 36.4 Å². The smallest absolute Gasteiger partial charge is 0.264 e. The number of carbonyl (C=O) groups is 2. The Kier molecular flexibility index (Phi) is 5.44. The van der Waals surface area contributed by atoms with Gasteiger partial charge in [-0.2, -0.15) is 5.10 Å². The van der Waals surface area contributed by atoms with Crippen molar-refractivity contribution in [3.8, 4) is 11.4 Å². The minimum atomic E-state index is -0.569. The molecule has 5 rings (SSSR count). The second-order valence-electron chi connectivity index (χ2n) is 7.69. The van der Waals surface area contributed by atoms with Gasteiger partial charge in [-0.15, -0.1) is 0 Å². The number of aromatic nitrogens is 2. The van der Waals surface area contributed by atoms with Crippen LogP contribution in [-0.4, -0.2) is 34.6 Å². The molecule has 6 nitrogen and oxygen atoms in total. The molecule has 1 aromatic heterocycles. The van der Waals surface area contributed by atoms with E-state index in [2.05, 4.69) is 5.10 Å². The first kappa shape index (κ1) is 20.6. The van der Waals surface area contributed by atoms with Gasteiger partial charge in [0.05, 0.1) is 23.0 Å². The van der Waals surface area contributed by atoms with Crippen LogP contribution in [0.5, 0.6) is 5.75 Å². The lowest BCUT2D eigenvalue weighted by molar-refractivity contribution is -0.120. The molecule has 0 radical (unpaired) electrons. The Labute approximate surface area is 189 Å². The highest BCUT2D eigenvalue weighted by molar-refractivity contribution is 6.10. The first-order valence-corrected chi connectivity index (χ1v) is 10.6. The second-order valence-corrected chi connectivity index (χ2v) is 7.69. The van der Waals surface area contributed by atoms with Crippen molar-refractivity contribution < 1.29 is 18.7 Å². The summed E-state index contributed by atoms with van der Waals surface area (Å²) < 4.78 is 21.3. The van der Waals surface area contributed by atoms with Gasteiger partial charge in [-0.05, 0) is 48.4 Å². The van der Waals surface area contributed by atoms with E-state index in [1.54, 1.807) is 15.8 Å². The van der Waals surface area contributed by atoms with Crippen molar-refractivity contribution in [2.45, 2.75) is 6.42 Å². The van der Waals surface area contributed by atoms with E-state index in [4.69, 9.17) is 4.74 Å². The summed E-state index contributed by atoms with van der Waals surface area (Å²) in [6, 6.07) is 20.8. The number of ketones is 1. The number of ether oxygens (including phenoxy) is 1. The van der Waals surface area contributed by atoms with Crippen molar-refractivity contribution in [3.63, 3.8) is 0 Å². The molecule has 164 valence electrons. The van der Waals surface area contributed by atoms with E-state index in [1.807, 2.05) is 54.6 Å². The molecule has 3 aromatic carbocycles. The SMILES string of the molecule is O=C(c1cnn(-c2ccccc2)c1)c1cc(F)ccc1OCC(=O)N1CCc2ccccc21. The van der Waals surface area contributed by atoms with Crippen LogP contribution >= 0.6 is 0 Å². The third kappa shape index (κ3) is 4.13. The van der Waals surface area contributed by atoms with Crippen molar-refractivity contribution in [2.75, 3.05) is 18.1 Å². The summed E-state index contributed by atoms with van der Waals surface area (Å²) >= 11 is 0. The van der Waals surface area contributed by atoms with Gasteiger partial charge in [-0.3, -0.25) is 9.59 Å². The summed E-state index contributed by atoms with van der Waals surface area (Å²) in [4.78, 5) is 27.6. The van der Waals surface area contributed by atoms with Crippen LogP contribution in [-0.2, 0) is 11.2 Å². The Bertz CT molecular complexity index is 1330. The van der Waals surface area contributed by atoms with Gasteiger partial charge in [-0.25, -0.2) is 9.07 Å². The van der Waals surface area contributed by atoms with E-state index >= 15 is 0 Å². The topological polar surface area (TPSA) is 64.4 Å². The molecule has 0 spiro atoms. The van der Waals surface area contributed by atoms with Crippen LogP contribution in [0.2, 0.25) is 0 Å². The molecule has 0 saturated heterocycles. The van der Waals surface area contributed by atoms with Gasteiger partial charge in [0.1, 0.15) is 11.6 Å². The molecule has 0 fully saturated rings. The Balaban J connectivity index is 1.35. The molecule has 33 heavy (non-hydrogen) atoms. The summed E-state index contributed by atoms with van der Waals surface area (Å²) in [5.74, 6) is -1.08. The Hall–Kier alpha value is -4.26. The highest BCUT2D eigenvalue weighted by atomic mass is 19.1. The molecule has 0 N–H and O–H groups in total. The van der Waals surface area contributed by atoms with Gasteiger partial charge in [0.2, 0.25) is 0 Å². The Morgan fingerprint density at radius 2 is 1.79 bits per heavy atom. The quantitative estimate of drug-likeness (QED) is 0.421. The first-order chi connectivity index (χ1) is 16.1. The van der Waals surface area contributed by atoms with Crippen LogP contribution < -0.4 is 9.64 Å². The predicted molar refractivity (Wildman–Crippen MR) is 121 cm³/mol. The molecule has 0 saturated carbocycles. The fraction of sp³-hybridized carbons (Fsp3) is 0.115. The molecular formula is C26H20FN3O3.